The number of benzene rings is 2. The maximum atomic E-state index is 9.10. The van der Waals surface area contributed by atoms with E-state index < -0.39 is 11.9 Å². The summed E-state index contributed by atoms with van der Waals surface area (Å²) in [6, 6.07) is 18.6. The fourth-order valence-corrected chi connectivity index (χ4v) is 2.78. The molecular weight excluding hydrogens is 386 g/mol. The van der Waals surface area contributed by atoms with E-state index in [0.717, 1.165) is 37.6 Å². The highest BCUT2D eigenvalue weighted by Gasteiger charge is 2.04. The smallest absolute Gasteiger partial charge is 0.414 e. The van der Waals surface area contributed by atoms with Crippen LogP contribution < -0.4 is 10.1 Å². The van der Waals surface area contributed by atoms with Gasteiger partial charge in [-0.1, -0.05) is 43.2 Å². The van der Waals surface area contributed by atoms with E-state index in [1.165, 1.54) is 30.0 Å². The van der Waals surface area contributed by atoms with Gasteiger partial charge in [-0.05, 0) is 54.4 Å². The summed E-state index contributed by atoms with van der Waals surface area (Å²) in [5.74, 6) is -1.68. The van der Waals surface area contributed by atoms with Crippen LogP contribution >= 0.6 is 0 Å². The average Bonchev–Trinajstić information content (AvgIpc) is 3.26. The number of hydrogen-bond acceptors (Lipinski definition) is 5. The first-order chi connectivity index (χ1) is 14.6. The van der Waals surface area contributed by atoms with Crippen molar-refractivity contribution < 1.29 is 29.0 Å². The fraction of sp³-hybridized carbons (Fsp3) is 0.304. The molecule has 0 unspecified atom stereocenters. The second-order valence-corrected chi connectivity index (χ2v) is 6.64. The van der Waals surface area contributed by atoms with Crippen LogP contribution in [0.1, 0.15) is 31.4 Å². The van der Waals surface area contributed by atoms with E-state index in [9.17, 15) is 0 Å². The molecule has 0 atom stereocenters. The van der Waals surface area contributed by atoms with E-state index >= 15 is 0 Å². The first-order valence-corrected chi connectivity index (χ1v) is 9.87. The summed E-state index contributed by atoms with van der Waals surface area (Å²) in [4.78, 5) is 18.2. The Bertz CT molecular complexity index is 895. The van der Waals surface area contributed by atoms with Gasteiger partial charge in [0, 0.05) is 0 Å². The Balaban J connectivity index is 0.000000469. The molecule has 0 spiro atoms. The third kappa shape index (κ3) is 8.79. The van der Waals surface area contributed by atoms with Crippen LogP contribution in [0, 0.1) is 0 Å². The summed E-state index contributed by atoms with van der Waals surface area (Å²) in [7, 11) is 0. The van der Waals surface area contributed by atoms with Crippen molar-refractivity contribution in [3.8, 4) is 5.75 Å². The molecule has 3 aromatic rings. The van der Waals surface area contributed by atoms with Crippen molar-refractivity contribution in [1.29, 1.82) is 0 Å². The van der Waals surface area contributed by atoms with Gasteiger partial charge in [-0.25, -0.2) is 9.59 Å². The van der Waals surface area contributed by atoms with Crippen LogP contribution in [0.2, 0.25) is 0 Å². The molecule has 30 heavy (non-hydrogen) atoms. The fourth-order valence-electron chi connectivity index (χ4n) is 2.78. The molecule has 7 nitrogen and oxygen atoms in total. The molecule has 0 aliphatic carbocycles. The molecule has 7 heteroatoms. The molecule has 0 fully saturated rings. The molecule has 160 valence electrons. The molecule has 0 saturated carbocycles. The number of unbranched alkanes of at least 4 members (excludes halogenated alkanes) is 3. The van der Waals surface area contributed by atoms with E-state index in [1.807, 2.05) is 12.1 Å². The minimum absolute atomic E-state index is 0.790. The van der Waals surface area contributed by atoms with Gasteiger partial charge in [0.2, 0.25) is 0 Å². The molecule has 1 aromatic heterocycles. The quantitative estimate of drug-likeness (QED) is 0.335. The lowest BCUT2D eigenvalue weighted by molar-refractivity contribution is -0.159. The van der Waals surface area contributed by atoms with Gasteiger partial charge >= 0.3 is 11.9 Å². The lowest BCUT2D eigenvalue weighted by Crippen LogP contribution is -2.14. The maximum absolute atomic E-state index is 9.10. The molecular formula is C23H27NO6. The Morgan fingerprint density at radius 2 is 1.60 bits per heavy atom. The molecule has 3 rings (SSSR count). The Morgan fingerprint density at radius 3 is 2.30 bits per heavy atom. The number of ether oxygens (including phenoxy) is 1. The highest BCUT2D eigenvalue weighted by molar-refractivity contribution is 6.27. The van der Waals surface area contributed by atoms with Gasteiger partial charge in [-0.15, -0.1) is 0 Å². The van der Waals surface area contributed by atoms with Gasteiger partial charge < -0.3 is 24.7 Å². The monoisotopic (exact) mass is 413 g/mol. The van der Waals surface area contributed by atoms with Crippen molar-refractivity contribution >= 4 is 22.7 Å². The first-order valence-electron chi connectivity index (χ1n) is 9.87. The van der Waals surface area contributed by atoms with Crippen LogP contribution in [0.4, 0.5) is 0 Å². The minimum atomic E-state index is -1.82. The van der Waals surface area contributed by atoms with Gasteiger partial charge in [-0.2, -0.15) is 0 Å². The largest absolute Gasteiger partial charge is 0.494 e. The number of aliphatic carboxylic acids is 2. The molecule has 3 N–H and O–H groups in total. The zero-order chi connectivity index (χ0) is 21.6. The highest BCUT2D eigenvalue weighted by Crippen LogP contribution is 2.20. The summed E-state index contributed by atoms with van der Waals surface area (Å²) in [5.41, 5.74) is 0. The number of carbonyl (C=O) groups is 2. The minimum Gasteiger partial charge on any atom is -0.494 e. The van der Waals surface area contributed by atoms with Gasteiger partial charge in [0.15, 0.2) is 0 Å². The van der Waals surface area contributed by atoms with Crippen molar-refractivity contribution in [2.24, 2.45) is 0 Å². The number of nitrogens with one attached hydrogen (secondary N) is 1. The number of carboxylic acid groups (broad SMARTS) is 2. The van der Waals surface area contributed by atoms with Gasteiger partial charge in [-0.3, -0.25) is 0 Å². The van der Waals surface area contributed by atoms with E-state index in [-0.39, 0.29) is 0 Å². The van der Waals surface area contributed by atoms with E-state index in [1.54, 1.807) is 6.26 Å². The Hall–Kier alpha value is -3.32. The summed E-state index contributed by atoms with van der Waals surface area (Å²) in [5, 5.41) is 20.7. The first kappa shape index (κ1) is 23.0. The van der Waals surface area contributed by atoms with E-state index in [2.05, 4.69) is 47.8 Å². The van der Waals surface area contributed by atoms with E-state index in [0.29, 0.717) is 0 Å². The standard InChI is InChI=1S/C21H25NO2.C2H2O4/c1(5-13-22-17-21-10-7-15-24-21)2-6-14-23-20-12-11-18-8-3-4-9-19(18)16-20;3-1(4)2(5)6/h3-4,7-12,15-16,22H,1-2,5-6,13-14,17H2;(H,3,4)(H,5,6). The van der Waals surface area contributed by atoms with Crippen LogP contribution in [0.5, 0.6) is 5.75 Å². The molecule has 0 aliphatic rings. The molecule has 0 aliphatic heterocycles. The summed E-state index contributed by atoms with van der Waals surface area (Å²) < 4.78 is 11.1. The lowest BCUT2D eigenvalue weighted by atomic mass is 10.1. The number of furan rings is 1. The molecule has 1 heterocycles. The van der Waals surface area contributed by atoms with Crippen LogP contribution in [-0.2, 0) is 16.1 Å². The Kier molecular flexibility index (Phi) is 9.96. The van der Waals surface area contributed by atoms with Crippen molar-refractivity contribution in [3.05, 3.63) is 66.6 Å². The predicted octanol–water partition coefficient (Wildman–Crippen LogP) is 4.32. The molecule has 2 aromatic carbocycles. The van der Waals surface area contributed by atoms with Crippen LogP contribution in [-0.4, -0.2) is 35.3 Å². The number of carboxylic acids is 2. The lowest BCUT2D eigenvalue weighted by Gasteiger charge is -2.07. The molecule has 0 saturated heterocycles. The number of rotatable bonds is 10. The van der Waals surface area contributed by atoms with Crippen molar-refractivity contribution in [3.63, 3.8) is 0 Å². The average molecular weight is 413 g/mol. The maximum Gasteiger partial charge on any atom is 0.414 e. The van der Waals surface area contributed by atoms with E-state index in [4.69, 9.17) is 29.0 Å². The molecule has 0 radical (unpaired) electrons. The third-order valence-electron chi connectivity index (χ3n) is 4.30. The topological polar surface area (TPSA) is 109 Å². The van der Waals surface area contributed by atoms with Gasteiger partial charge in [0.25, 0.3) is 0 Å². The molecule has 0 amide bonds. The van der Waals surface area contributed by atoms with Crippen molar-refractivity contribution in [2.75, 3.05) is 13.2 Å². The number of hydrogen-bond donors (Lipinski definition) is 3. The van der Waals surface area contributed by atoms with Crippen LogP contribution in [0.25, 0.3) is 10.8 Å². The zero-order valence-electron chi connectivity index (χ0n) is 16.8. The number of fused-ring (bicyclic) bond motifs is 1. The Morgan fingerprint density at radius 1 is 0.867 bits per heavy atom. The summed E-state index contributed by atoms with van der Waals surface area (Å²) in [6.07, 6.45) is 6.44. The normalized spacial score (nSPS) is 10.3. The highest BCUT2D eigenvalue weighted by atomic mass is 16.5. The summed E-state index contributed by atoms with van der Waals surface area (Å²) in [6.45, 7) is 2.64. The van der Waals surface area contributed by atoms with Gasteiger partial charge in [0.1, 0.15) is 11.5 Å². The predicted molar refractivity (Wildman–Crippen MR) is 114 cm³/mol. The Labute approximate surface area is 175 Å². The van der Waals surface area contributed by atoms with Crippen molar-refractivity contribution in [2.45, 2.75) is 32.2 Å². The second-order valence-electron chi connectivity index (χ2n) is 6.64. The third-order valence-corrected chi connectivity index (χ3v) is 4.30. The van der Waals surface area contributed by atoms with Crippen LogP contribution in [0.3, 0.4) is 0 Å². The van der Waals surface area contributed by atoms with Gasteiger partial charge in [0.05, 0.1) is 19.4 Å². The second kappa shape index (κ2) is 13.0. The van der Waals surface area contributed by atoms with Crippen molar-refractivity contribution in [1.82, 2.24) is 5.32 Å². The zero-order valence-corrected chi connectivity index (χ0v) is 16.8. The SMILES string of the molecule is O=C(O)C(=O)O.c1coc(CNCCCCCCOc2ccc3ccccc3c2)c1. The summed E-state index contributed by atoms with van der Waals surface area (Å²) >= 11 is 0. The molecule has 0 bridgehead atoms. The van der Waals surface area contributed by atoms with Crippen LogP contribution in [0.15, 0.2) is 65.3 Å².